The molecule has 2 fully saturated rings. The van der Waals surface area contributed by atoms with E-state index in [4.69, 9.17) is 12.2 Å². The Bertz CT molecular complexity index is 646. The minimum Gasteiger partial charge on any atom is -0.298 e. The second-order valence-corrected chi connectivity index (χ2v) is 7.48. The van der Waals surface area contributed by atoms with E-state index >= 15 is 0 Å². The number of benzene rings is 2. The van der Waals surface area contributed by atoms with Gasteiger partial charge in [-0.05, 0) is 62.2 Å². The van der Waals surface area contributed by atoms with Gasteiger partial charge in [-0.2, -0.15) is 0 Å². The van der Waals surface area contributed by atoms with Gasteiger partial charge in [-0.1, -0.05) is 42.8 Å². The molecule has 2 aliphatic rings. The standard InChI is InChI=1S/C21H25N3S/c25-21-23(19-12-6-2-7-13-19)16-22(18-10-4-1-5-11-18)17-24(21)20-14-8-3-9-15-20/h2-3,6-9,12-15,18H,1,4-5,10-11,16-17H2/p+1. The van der Waals surface area contributed by atoms with Crippen molar-refractivity contribution in [2.45, 2.75) is 38.1 Å². The molecule has 1 aliphatic heterocycles. The number of hydrogen-bond donors (Lipinski definition) is 1. The zero-order chi connectivity index (χ0) is 17.1. The van der Waals surface area contributed by atoms with E-state index in [1.807, 2.05) is 0 Å². The summed E-state index contributed by atoms with van der Waals surface area (Å²) in [6.07, 6.45) is 6.82. The van der Waals surface area contributed by atoms with E-state index in [1.54, 1.807) is 4.90 Å². The van der Waals surface area contributed by atoms with Gasteiger partial charge in [-0.15, -0.1) is 0 Å². The summed E-state index contributed by atoms with van der Waals surface area (Å²) < 4.78 is 0. The SMILES string of the molecule is S=C1N(c2ccccc2)C[NH+](C2CCCCC2)CN1c1ccccc1. The number of rotatable bonds is 3. The van der Waals surface area contributed by atoms with Crippen LogP contribution in [0.1, 0.15) is 32.1 Å². The van der Waals surface area contributed by atoms with Crippen LogP contribution >= 0.6 is 12.2 Å². The molecule has 1 saturated heterocycles. The summed E-state index contributed by atoms with van der Waals surface area (Å²) >= 11 is 5.91. The van der Waals surface area contributed by atoms with E-state index in [2.05, 4.69) is 70.5 Å². The van der Waals surface area contributed by atoms with Crippen molar-refractivity contribution in [3.63, 3.8) is 0 Å². The molecule has 1 saturated carbocycles. The molecule has 0 radical (unpaired) electrons. The second kappa shape index (κ2) is 7.54. The molecule has 0 unspecified atom stereocenters. The molecule has 0 atom stereocenters. The molecule has 4 heteroatoms. The molecule has 130 valence electrons. The molecule has 1 heterocycles. The molecule has 0 amide bonds. The van der Waals surface area contributed by atoms with E-state index in [9.17, 15) is 0 Å². The van der Waals surface area contributed by atoms with E-state index < -0.39 is 0 Å². The van der Waals surface area contributed by atoms with Gasteiger partial charge in [-0.3, -0.25) is 14.7 Å². The molecule has 4 rings (SSSR count). The summed E-state index contributed by atoms with van der Waals surface area (Å²) in [5.41, 5.74) is 2.39. The van der Waals surface area contributed by atoms with Crippen molar-refractivity contribution in [1.29, 1.82) is 0 Å². The molecular weight excluding hydrogens is 326 g/mol. The minimum atomic E-state index is 0.745. The Morgan fingerprint density at radius 1 is 0.720 bits per heavy atom. The van der Waals surface area contributed by atoms with E-state index in [0.29, 0.717) is 0 Å². The van der Waals surface area contributed by atoms with Gasteiger partial charge >= 0.3 is 0 Å². The van der Waals surface area contributed by atoms with Gasteiger partial charge in [-0.25, -0.2) is 0 Å². The van der Waals surface area contributed by atoms with Crippen LogP contribution in [0.15, 0.2) is 60.7 Å². The van der Waals surface area contributed by atoms with Gasteiger partial charge in [0.05, 0.1) is 6.04 Å². The summed E-state index contributed by atoms with van der Waals surface area (Å²) in [7, 11) is 0. The van der Waals surface area contributed by atoms with E-state index in [-0.39, 0.29) is 0 Å². The number of thiocarbonyl (C=S) groups is 1. The first-order chi connectivity index (χ1) is 12.3. The average Bonchev–Trinajstić information content (AvgIpc) is 2.70. The Balaban J connectivity index is 1.65. The predicted molar refractivity (Wildman–Crippen MR) is 108 cm³/mol. The summed E-state index contributed by atoms with van der Waals surface area (Å²) in [5.74, 6) is 0. The van der Waals surface area contributed by atoms with Gasteiger partial charge < -0.3 is 0 Å². The summed E-state index contributed by atoms with van der Waals surface area (Å²) in [6.45, 7) is 1.94. The van der Waals surface area contributed by atoms with Gasteiger partial charge in [0.25, 0.3) is 0 Å². The van der Waals surface area contributed by atoms with Crippen molar-refractivity contribution < 1.29 is 4.90 Å². The van der Waals surface area contributed by atoms with Gasteiger partial charge in [0.1, 0.15) is 0 Å². The van der Waals surface area contributed by atoms with E-state index in [0.717, 1.165) is 24.5 Å². The van der Waals surface area contributed by atoms with Gasteiger partial charge in [0, 0.05) is 11.4 Å². The Labute approximate surface area is 155 Å². The van der Waals surface area contributed by atoms with Crippen molar-refractivity contribution in [2.24, 2.45) is 0 Å². The van der Waals surface area contributed by atoms with Crippen LogP contribution in [0, 0.1) is 0 Å². The van der Waals surface area contributed by atoms with Crippen LogP contribution in [-0.4, -0.2) is 24.5 Å². The van der Waals surface area contributed by atoms with Crippen molar-refractivity contribution >= 4 is 28.7 Å². The van der Waals surface area contributed by atoms with Crippen LogP contribution in [0.25, 0.3) is 0 Å². The third kappa shape index (κ3) is 3.55. The zero-order valence-corrected chi connectivity index (χ0v) is 15.4. The van der Waals surface area contributed by atoms with Crippen LogP contribution in [0.3, 0.4) is 0 Å². The average molecular weight is 353 g/mol. The highest BCUT2D eigenvalue weighted by Crippen LogP contribution is 2.22. The Morgan fingerprint density at radius 3 is 1.68 bits per heavy atom. The number of quaternary nitrogens is 1. The molecule has 0 spiro atoms. The number of anilines is 2. The first-order valence-corrected chi connectivity index (χ1v) is 9.77. The van der Waals surface area contributed by atoms with Crippen LogP contribution in [-0.2, 0) is 0 Å². The molecule has 3 nitrogen and oxygen atoms in total. The second-order valence-electron chi connectivity index (χ2n) is 7.12. The Hall–Kier alpha value is -1.91. The Morgan fingerprint density at radius 2 is 1.20 bits per heavy atom. The lowest BCUT2D eigenvalue weighted by Crippen LogP contribution is -3.20. The third-order valence-electron chi connectivity index (χ3n) is 5.50. The van der Waals surface area contributed by atoms with E-state index in [1.165, 1.54) is 43.5 Å². The highest BCUT2D eigenvalue weighted by molar-refractivity contribution is 7.80. The van der Waals surface area contributed by atoms with Crippen LogP contribution in [0.4, 0.5) is 11.4 Å². The lowest BCUT2D eigenvalue weighted by Gasteiger charge is -2.45. The predicted octanol–water partition coefficient (Wildman–Crippen LogP) is 3.43. The lowest BCUT2D eigenvalue weighted by atomic mass is 9.94. The first-order valence-electron chi connectivity index (χ1n) is 9.36. The van der Waals surface area contributed by atoms with Crippen molar-refractivity contribution in [1.82, 2.24) is 0 Å². The smallest absolute Gasteiger partial charge is 0.189 e. The van der Waals surface area contributed by atoms with Crippen LogP contribution < -0.4 is 14.7 Å². The fourth-order valence-electron chi connectivity index (χ4n) is 4.13. The van der Waals surface area contributed by atoms with Gasteiger partial charge in [0.2, 0.25) is 0 Å². The van der Waals surface area contributed by atoms with Crippen molar-refractivity contribution in [3.05, 3.63) is 60.7 Å². The van der Waals surface area contributed by atoms with Crippen LogP contribution in [0.2, 0.25) is 0 Å². The summed E-state index contributed by atoms with van der Waals surface area (Å²) in [4.78, 5) is 6.27. The minimum absolute atomic E-state index is 0.745. The number of hydrogen-bond acceptors (Lipinski definition) is 1. The van der Waals surface area contributed by atoms with Gasteiger partial charge in [0.15, 0.2) is 18.4 Å². The fraction of sp³-hybridized carbons (Fsp3) is 0.381. The molecule has 2 aromatic rings. The molecule has 0 bridgehead atoms. The topological polar surface area (TPSA) is 10.9 Å². The molecule has 1 aliphatic carbocycles. The summed E-state index contributed by atoms with van der Waals surface area (Å²) in [5, 5.41) is 0.914. The Kier molecular flexibility index (Phi) is 4.99. The largest absolute Gasteiger partial charge is 0.298 e. The summed E-state index contributed by atoms with van der Waals surface area (Å²) in [6, 6.07) is 21.9. The first kappa shape index (κ1) is 16.6. The molecule has 25 heavy (non-hydrogen) atoms. The molecule has 0 aromatic heterocycles. The highest BCUT2D eigenvalue weighted by Gasteiger charge is 2.36. The maximum Gasteiger partial charge on any atom is 0.189 e. The third-order valence-corrected chi connectivity index (χ3v) is 5.94. The molecular formula is C21H26N3S+. The van der Waals surface area contributed by atoms with Crippen LogP contribution in [0.5, 0.6) is 0 Å². The number of nitrogens with zero attached hydrogens (tertiary/aromatic N) is 2. The number of nitrogens with one attached hydrogen (secondary N) is 1. The maximum atomic E-state index is 5.91. The number of para-hydroxylation sites is 2. The highest BCUT2D eigenvalue weighted by atomic mass is 32.1. The molecule has 2 aromatic carbocycles. The molecule has 1 N–H and O–H groups in total. The monoisotopic (exact) mass is 352 g/mol. The quantitative estimate of drug-likeness (QED) is 0.850. The van der Waals surface area contributed by atoms with Crippen molar-refractivity contribution in [3.8, 4) is 0 Å². The van der Waals surface area contributed by atoms with Crippen molar-refractivity contribution in [2.75, 3.05) is 23.1 Å². The zero-order valence-electron chi connectivity index (χ0n) is 14.6. The lowest BCUT2D eigenvalue weighted by molar-refractivity contribution is -0.926. The maximum absolute atomic E-state index is 5.91. The fourth-order valence-corrected chi connectivity index (χ4v) is 4.47. The normalized spacial score (nSPS) is 20.1.